The second kappa shape index (κ2) is 4.44. The molecule has 0 fully saturated rings. The first kappa shape index (κ1) is 10.7. The molecule has 0 aliphatic rings. The molecule has 0 saturated carbocycles. The number of hydrogen-bond donors (Lipinski definition) is 2. The summed E-state index contributed by atoms with van der Waals surface area (Å²) in [4.78, 5) is 15.5. The van der Waals surface area contributed by atoms with E-state index >= 15 is 0 Å². The summed E-state index contributed by atoms with van der Waals surface area (Å²) in [6, 6.07) is 8.19. The van der Waals surface area contributed by atoms with E-state index in [4.69, 9.17) is 0 Å². The van der Waals surface area contributed by atoms with E-state index < -0.39 is 0 Å². The van der Waals surface area contributed by atoms with Gasteiger partial charge in [-0.3, -0.25) is 0 Å². The number of fused-ring (bicyclic) bond motifs is 1. The van der Waals surface area contributed by atoms with Crippen molar-refractivity contribution in [3.8, 4) is 0 Å². The third kappa shape index (κ3) is 1.79. The summed E-state index contributed by atoms with van der Waals surface area (Å²) in [7, 11) is 0. The van der Waals surface area contributed by atoms with Crippen molar-refractivity contribution < 1.29 is 0 Å². The Hall–Kier alpha value is -2.43. The third-order valence-corrected chi connectivity index (χ3v) is 2.87. The van der Waals surface area contributed by atoms with Crippen molar-refractivity contribution in [1.29, 1.82) is 0 Å². The van der Waals surface area contributed by atoms with Crippen molar-refractivity contribution in [3.05, 3.63) is 42.5 Å². The molecule has 2 heterocycles. The number of nitrogens with one attached hydrogen (secondary N) is 2. The number of benzene rings is 1. The molecule has 2 aromatic heterocycles. The number of rotatable bonds is 3. The van der Waals surface area contributed by atoms with Gasteiger partial charge in [-0.2, -0.15) is 0 Å². The lowest BCUT2D eigenvalue weighted by Gasteiger charge is -2.10. The Kier molecular flexibility index (Phi) is 2.64. The average molecular weight is 239 g/mol. The molecule has 90 valence electrons. The van der Waals surface area contributed by atoms with Gasteiger partial charge in [0, 0.05) is 5.69 Å². The van der Waals surface area contributed by atoms with Gasteiger partial charge in [-0.1, -0.05) is 25.1 Å². The molecule has 2 N–H and O–H groups in total. The first-order valence-electron chi connectivity index (χ1n) is 5.87. The van der Waals surface area contributed by atoms with Gasteiger partial charge in [-0.05, 0) is 18.1 Å². The van der Waals surface area contributed by atoms with Gasteiger partial charge in [0.05, 0.1) is 6.33 Å². The minimum atomic E-state index is 0.668. The number of hydrogen-bond acceptors (Lipinski definition) is 4. The number of aromatic nitrogens is 4. The van der Waals surface area contributed by atoms with E-state index in [0.717, 1.165) is 23.4 Å². The molecule has 18 heavy (non-hydrogen) atoms. The zero-order valence-electron chi connectivity index (χ0n) is 10.0. The smallest absolute Gasteiger partial charge is 0.182 e. The second-order valence-corrected chi connectivity index (χ2v) is 3.96. The SMILES string of the molecule is CCc1ccccc1Nc1ncnc2nc[nH]c12. The number of para-hydroxylation sites is 1. The van der Waals surface area contributed by atoms with Gasteiger partial charge in [0.1, 0.15) is 11.8 Å². The van der Waals surface area contributed by atoms with Crippen LogP contribution >= 0.6 is 0 Å². The highest BCUT2D eigenvalue weighted by atomic mass is 15.1. The summed E-state index contributed by atoms with van der Waals surface area (Å²) < 4.78 is 0. The van der Waals surface area contributed by atoms with Crippen LogP contribution in [0, 0.1) is 0 Å². The molecular formula is C13H13N5. The summed E-state index contributed by atoms with van der Waals surface area (Å²) in [5.74, 6) is 0.749. The van der Waals surface area contributed by atoms with E-state index in [1.165, 1.54) is 11.9 Å². The molecule has 0 saturated heterocycles. The van der Waals surface area contributed by atoms with E-state index in [-0.39, 0.29) is 0 Å². The van der Waals surface area contributed by atoms with E-state index in [9.17, 15) is 0 Å². The average Bonchev–Trinajstić information content (AvgIpc) is 2.89. The maximum absolute atomic E-state index is 4.26. The van der Waals surface area contributed by atoms with Crippen LogP contribution in [0.15, 0.2) is 36.9 Å². The lowest BCUT2D eigenvalue weighted by Crippen LogP contribution is -1.98. The minimum Gasteiger partial charge on any atom is -0.340 e. The maximum atomic E-state index is 4.26. The van der Waals surface area contributed by atoms with Gasteiger partial charge >= 0.3 is 0 Å². The van der Waals surface area contributed by atoms with Crippen molar-refractivity contribution in [2.45, 2.75) is 13.3 Å². The van der Waals surface area contributed by atoms with Gasteiger partial charge in [0.15, 0.2) is 11.5 Å². The number of nitrogens with zero attached hydrogens (tertiary/aromatic N) is 3. The summed E-state index contributed by atoms with van der Waals surface area (Å²) in [6.07, 6.45) is 4.11. The highest BCUT2D eigenvalue weighted by molar-refractivity contribution is 5.84. The molecule has 0 spiro atoms. The van der Waals surface area contributed by atoms with Crippen molar-refractivity contribution in [1.82, 2.24) is 19.9 Å². The first-order chi connectivity index (χ1) is 8.88. The molecule has 0 aliphatic heterocycles. The van der Waals surface area contributed by atoms with Crippen molar-refractivity contribution in [2.75, 3.05) is 5.32 Å². The van der Waals surface area contributed by atoms with E-state index in [2.05, 4.69) is 38.2 Å². The number of aromatic amines is 1. The lowest BCUT2D eigenvalue weighted by atomic mass is 10.1. The number of H-pyrrole nitrogens is 1. The Morgan fingerprint density at radius 2 is 2.06 bits per heavy atom. The second-order valence-electron chi connectivity index (χ2n) is 3.96. The monoisotopic (exact) mass is 239 g/mol. The fraction of sp³-hybridized carbons (Fsp3) is 0.154. The van der Waals surface area contributed by atoms with Crippen molar-refractivity contribution in [2.24, 2.45) is 0 Å². The molecule has 5 heteroatoms. The van der Waals surface area contributed by atoms with Crippen LogP contribution in [-0.4, -0.2) is 19.9 Å². The Labute approximate surface area is 104 Å². The normalized spacial score (nSPS) is 10.7. The van der Waals surface area contributed by atoms with Crippen LogP contribution in [0.4, 0.5) is 11.5 Å². The van der Waals surface area contributed by atoms with Crippen LogP contribution in [0.5, 0.6) is 0 Å². The molecule has 0 aliphatic carbocycles. The van der Waals surface area contributed by atoms with Crippen LogP contribution in [-0.2, 0) is 6.42 Å². The van der Waals surface area contributed by atoms with Gasteiger partial charge in [0.25, 0.3) is 0 Å². The largest absolute Gasteiger partial charge is 0.340 e. The molecule has 0 unspecified atom stereocenters. The summed E-state index contributed by atoms with van der Waals surface area (Å²) in [5, 5.41) is 3.33. The quantitative estimate of drug-likeness (QED) is 0.737. The molecular weight excluding hydrogens is 226 g/mol. The van der Waals surface area contributed by atoms with Gasteiger partial charge in [-0.25, -0.2) is 15.0 Å². The first-order valence-corrected chi connectivity index (χ1v) is 5.87. The molecule has 3 aromatic rings. The molecule has 5 nitrogen and oxygen atoms in total. The summed E-state index contributed by atoms with van der Waals surface area (Å²) >= 11 is 0. The van der Waals surface area contributed by atoms with E-state index in [1.54, 1.807) is 6.33 Å². The molecule has 0 amide bonds. The van der Waals surface area contributed by atoms with E-state index in [0.29, 0.717) is 5.65 Å². The Bertz CT molecular complexity index is 674. The minimum absolute atomic E-state index is 0.668. The molecule has 0 bridgehead atoms. The van der Waals surface area contributed by atoms with Gasteiger partial charge < -0.3 is 10.3 Å². The summed E-state index contributed by atoms with van der Waals surface area (Å²) in [6.45, 7) is 2.13. The fourth-order valence-electron chi connectivity index (χ4n) is 1.94. The maximum Gasteiger partial charge on any atom is 0.182 e. The third-order valence-electron chi connectivity index (χ3n) is 2.87. The van der Waals surface area contributed by atoms with Crippen molar-refractivity contribution >= 4 is 22.7 Å². The molecule has 0 radical (unpaired) electrons. The topological polar surface area (TPSA) is 66.5 Å². The predicted molar refractivity (Wildman–Crippen MR) is 70.8 cm³/mol. The molecule has 3 rings (SSSR count). The Balaban J connectivity index is 2.04. The highest BCUT2D eigenvalue weighted by Crippen LogP contribution is 2.23. The zero-order valence-corrected chi connectivity index (χ0v) is 10.0. The molecule has 1 aromatic carbocycles. The van der Waals surface area contributed by atoms with Crippen LogP contribution in [0.2, 0.25) is 0 Å². The number of aryl methyl sites for hydroxylation is 1. The van der Waals surface area contributed by atoms with Crippen molar-refractivity contribution in [3.63, 3.8) is 0 Å². The Morgan fingerprint density at radius 1 is 1.17 bits per heavy atom. The van der Waals surface area contributed by atoms with Gasteiger partial charge in [-0.15, -0.1) is 0 Å². The number of imidazole rings is 1. The fourth-order valence-corrected chi connectivity index (χ4v) is 1.94. The predicted octanol–water partition coefficient (Wildman–Crippen LogP) is 2.66. The van der Waals surface area contributed by atoms with Crippen LogP contribution in [0.3, 0.4) is 0 Å². The highest BCUT2D eigenvalue weighted by Gasteiger charge is 2.07. The van der Waals surface area contributed by atoms with E-state index in [1.807, 2.05) is 18.2 Å². The standard InChI is InChI=1S/C13H13N5/c1-2-9-5-3-4-6-10(9)18-13-11-12(15-7-14-11)16-8-17-13/h3-8H,2H2,1H3,(H2,14,15,16,17,18). The van der Waals surface area contributed by atoms with Crippen LogP contribution < -0.4 is 5.32 Å². The number of anilines is 2. The lowest BCUT2D eigenvalue weighted by molar-refractivity contribution is 1.13. The zero-order chi connectivity index (χ0) is 12.4. The van der Waals surface area contributed by atoms with Gasteiger partial charge in [0.2, 0.25) is 0 Å². The van der Waals surface area contributed by atoms with Crippen LogP contribution in [0.1, 0.15) is 12.5 Å². The van der Waals surface area contributed by atoms with Crippen LogP contribution in [0.25, 0.3) is 11.2 Å². The Morgan fingerprint density at radius 3 is 2.94 bits per heavy atom. The molecule has 0 atom stereocenters. The summed E-state index contributed by atoms with van der Waals surface area (Å²) in [5.41, 5.74) is 3.81.